The highest BCUT2D eigenvalue weighted by atomic mass is 16.3. The topological polar surface area (TPSA) is 44.6 Å². The van der Waals surface area contributed by atoms with E-state index in [-0.39, 0.29) is 12.0 Å². The molecule has 0 radical (unpaired) electrons. The van der Waals surface area contributed by atoms with Crippen molar-refractivity contribution in [3.63, 3.8) is 0 Å². The predicted octanol–water partition coefficient (Wildman–Crippen LogP) is 2.41. The van der Waals surface area contributed by atoms with Gasteiger partial charge in [-0.05, 0) is 45.6 Å². The number of allylic oxidation sites excluding steroid dienone is 1. The van der Waals surface area contributed by atoms with Crippen LogP contribution in [-0.4, -0.2) is 36.6 Å². The Labute approximate surface area is 106 Å². The van der Waals surface area contributed by atoms with E-state index in [1.54, 1.807) is 0 Å². The molecule has 0 spiro atoms. The zero-order valence-corrected chi connectivity index (χ0v) is 11.6. The number of likely N-dealkylation sites (N-methyl/N-ethyl adjacent to an activating group) is 1. The Hall–Kier alpha value is -0.670. The molecular formula is C14H28N2O. The van der Waals surface area contributed by atoms with Crippen LogP contribution in [0, 0.1) is 5.92 Å². The number of hydrogen-bond acceptors (Lipinski definition) is 3. The van der Waals surface area contributed by atoms with Crippen LogP contribution in [0.15, 0.2) is 17.6 Å². The number of hydrogen-bond donors (Lipinski definition) is 2. The van der Waals surface area contributed by atoms with Crippen molar-refractivity contribution in [3.05, 3.63) is 12.7 Å². The summed E-state index contributed by atoms with van der Waals surface area (Å²) in [5, 5.41) is 13.3. The summed E-state index contributed by atoms with van der Waals surface area (Å²) in [5.74, 6) is 0.280. The average molecular weight is 240 g/mol. The Balaban J connectivity index is 4.29. The van der Waals surface area contributed by atoms with Gasteiger partial charge in [0.2, 0.25) is 0 Å². The largest absolute Gasteiger partial charge is 0.392 e. The van der Waals surface area contributed by atoms with E-state index in [4.69, 9.17) is 0 Å². The summed E-state index contributed by atoms with van der Waals surface area (Å²) in [6.45, 7) is 12.3. The third-order valence-electron chi connectivity index (χ3n) is 2.87. The summed E-state index contributed by atoms with van der Waals surface area (Å²) in [6.07, 6.45) is 4.44. The van der Waals surface area contributed by atoms with Gasteiger partial charge in [0, 0.05) is 18.8 Å². The lowest BCUT2D eigenvalue weighted by Crippen LogP contribution is -2.33. The molecule has 0 saturated carbocycles. The van der Waals surface area contributed by atoms with Gasteiger partial charge in [-0.3, -0.25) is 4.99 Å². The zero-order chi connectivity index (χ0) is 13.1. The average Bonchev–Trinajstić information content (AvgIpc) is 2.31. The minimum Gasteiger partial charge on any atom is -0.392 e. The highest BCUT2D eigenvalue weighted by Gasteiger charge is 2.18. The zero-order valence-electron chi connectivity index (χ0n) is 11.6. The molecule has 0 heterocycles. The summed E-state index contributed by atoms with van der Waals surface area (Å²) < 4.78 is 0. The number of nitrogens with one attached hydrogen (secondary N) is 1. The Bertz CT molecular complexity index is 226. The molecule has 0 aliphatic rings. The van der Waals surface area contributed by atoms with Crippen molar-refractivity contribution < 1.29 is 5.11 Å². The second-order valence-corrected chi connectivity index (χ2v) is 4.41. The molecule has 0 aliphatic heterocycles. The molecule has 2 unspecified atom stereocenters. The summed E-state index contributed by atoms with van der Waals surface area (Å²) in [7, 11) is 0. The third-order valence-corrected chi connectivity index (χ3v) is 2.87. The van der Waals surface area contributed by atoms with E-state index in [1.807, 2.05) is 19.9 Å². The predicted molar refractivity (Wildman–Crippen MR) is 75.7 cm³/mol. The standard InChI is InChI=1S/C14H28N2O/c1-5-8-9-13(10-12(4)16-7-3)14(17)11-15-6-2/h5,13-15,17H,1,6-11H2,2-4H3. The van der Waals surface area contributed by atoms with Crippen LogP contribution in [0.3, 0.4) is 0 Å². The highest BCUT2D eigenvalue weighted by molar-refractivity contribution is 5.82. The molecule has 100 valence electrons. The summed E-state index contributed by atoms with van der Waals surface area (Å²) >= 11 is 0. The lowest BCUT2D eigenvalue weighted by molar-refractivity contribution is 0.105. The van der Waals surface area contributed by atoms with Crippen LogP contribution >= 0.6 is 0 Å². The van der Waals surface area contributed by atoms with E-state index < -0.39 is 0 Å². The number of aliphatic hydroxyl groups is 1. The molecule has 2 N–H and O–H groups in total. The smallest absolute Gasteiger partial charge is 0.0696 e. The van der Waals surface area contributed by atoms with E-state index in [0.717, 1.165) is 38.1 Å². The molecule has 0 aromatic rings. The highest BCUT2D eigenvalue weighted by Crippen LogP contribution is 2.17. The summed E-state index contributed by atoms with van der Waals surface area (Å²) in [6, 6.07) is 0. The Morgan fingerprint density at radius 2 is 2.18 bits per heavy atom. The van der Waals surface area contributed by atoms with Gasteiger partial charge in [0.15, 0.2) is 0 Å². The van der Waals surface area contributed by atoms with Crippen LogP contribution in [0.2, 0.25) is 0 Å². The number of aliphatic hydroxyl groups excluding tert-OH is 1. The quantitative estimate of drug-likeness (QED) is 0.455. The van der Waals surface area contributed by atoms with Crippen molar-refractivity contribution in [3.8, 4) is 0 Å². The lowest BCUT2D eigenvalue weighted by Gasteiger charge is -2.22. The van der Waals surface area contributed by atoms with E-state index in [2.05, 4.69) is 23.8 Å². The van der Waals surface area contributed by atoms with Crippen molar-refractivity contribution in [2.45, 2.75) is 46.1 Å². The van der Waals surface area contributed by atoms with Crippen molar-refractivity contribution in [2.75, 3.05) is 19.6 Å². The van der Waals surface area contributed by atoms with Crippen LogP contribution in [0.1, 0.15) is 40.0 Å². The maximum atomic E-state index is 10.1. The minimum atomic E-state index is -0.295. The fraction of sp³-hybridized carbons (Fsp3) is 0.786. The number of nitrogens with zero attached hydrogens (tertiary/aromatic N) is 1. The van der Waals surface area contributed by atoms with Crippen LogP contribution < -0.4 is 5.32 Å². The fourth-order valence-electron chi connectivity index (χ4n) is 1.94. The maximum Gasteiger partial charge on any atom is 0.0696 e. The first-order chi connectivity index (χ1) is 8.15. The molecule has 0 aromatic heterocycles. The Morgan fingerprint density at radius 1 is 1.47 bits per heavy atom. The normalized spacial score (nSPS) is 15.6. The second kappa shape index (κ2) is 10.5. The monoisotopic (exact) mass is 240 g/mol. The Kier molecular flexibility index (Phi) is 10.1. The van der Waals surface area contributed by atoms with E-state index in [9.17, 15) is 5.11 Å². The van der Waals surface area contributed by atoms with Gasteiger partial charge in [0.1, 0.15) is 0 Å². The number of rotatable bonds is 10. The van der Waals surface area contributed by atoms with Gasteiger partial charge in [-0.1, -0.05) is 13.0 Å². The van der Waals surface area contributed by atoms with Gasteiger partial charge in [-0.2, -0.15) is 0 Å². The second-order valence-electron chi connectivity index (χ2n) is 4.41. The fourth-order valence-corrected chi connectivity index (χ4v) is 1.94. The maximum absolute atomic E-state index is 10.1. The third kappa shape index (κ3) is 8.11. The minimum absolute atomic E-state index is 0.280. The van der Waals surface area contributed by atoms with Gasteiger partial charge in [-0.25, -0.2) is 0 Å². The first-order valence-electron chi connectivity index (χ1n) is 6.65. The SMILES string of the molecule is C=CCCC(CC(C)=NCC)C(O)CNCC. The molecule has 0 amide bonds. The van der Waals surface area contributed by atoms with Gasteiger partial charge in [0.25, 0.3) is 0 Å². The van der Waals surface area contributed by atoms with Crippen molar-refractivity contribution in [1.29, 1.82) is 0 Å². The van der Waals surface area contributed by atoms with Gasteiger partial charge < -0.3 is 10.4 Å². The van der Waals surface area contributed by atoms with Crippen LogP contribution in [0.25, 0.3) is 0 Å². The molecule has 0 aromatic carbocycles. The molecule has 3 heteroatoms. The van der Waals surface area contributed by atoms with Crippen LogP contribution in [-0.2, 0) is 0 Å². The van der Waals surface area contributed by atoms with Crippen LogP contribution in [0.4, 0.5) is 0 Å². The van der Waals surface area contributed by atoms with E-state index >= 15 is 0 Å². The summed E-state index contributed by atoms with van der Waals surface area (Å²) in [5.41, 5.74) is 1.14. The van der Waals surface area contributed by atoms with Crippen molar-refractivity contribution >= 4 is 5.71 Å². The molecule has 2 atom stereocenters. The van der Waals surface area contributed by atoms with E-state index in [1.165, 1.54) is 0 Å². The molecule has 0 aliphatic carbocycles. The molecule has 0 rings (SSSR count). The first-order valence-corrected chi connectivity index (χ1v) is 6.65. The summed E-state index contributed by atoms with van der Waals surface area (Å²) in [4.78, 5) is 4.39. The molecular weight excluding hydrogens is 212 g/mol. The van der Waals surface area contributed by atoms with Crippen molar-refractivity contribution in [1.82, 2.24) is 5.32 Å². The molecule has 0 fully saturated rings. The van der Waals surface area contributed by atoms with Crippen LogP contribution in [0.5, 0.6) is 0 Å². The number of aliphatic imine (C=N–C) groups is 1. The van der Waals surface area contributed by atoms with Crippen molar-refractivity contribution in [2.24, 2.45) is 10.9 Å². The van der Waals surface area contributed by atoms with Gasteiger partial charge in [0.05, 0.1) is 6.10 Å². The molecule has 0 saturated heterocycles. The molecule has 3 nitrogen and oxygen atoms in total. The first kappa shape index (κ1) is 16.3. The Morgan fingerprint density at radius 3 is 2.71 bits per heavy atom. The molecule has 0 bridgehead atoms. The van der Waals surface area contributed by atoms with Gasteiger partial charge in [-0.15, -0.1) is 6.58 Å². The lowest BCUT2D eigenvalue weighted by atomic mass is 9.91. The molecule has 17 heavy (non-hydrogen) atoms. The van der Waals surface area contributed by atoms with Gasteiger partial charge >= 0.3 is 0 Å². The van der Waals surface area contributed by atoms with E-state index in [0.29, 0.717) is 6.54 Å².